The average Bonchev–Trinajstić information content (AvgIpc) is 2.53. The molecule has 0 aliphatic heterocycles. The first-order valence-electron chi connectivity index (χ1n) is 3.36. The molecule has 0 fully saturated rings. The molecule has 62 valence electrons. The zero-order chi connectivity index (χ0) is 8.81. The monoisotopic (exact) mass is 165 g/mol. The van der Waals surface area contributed by atoms with Crippen LogP contribution < -0.4 is 5.32 Å². The van der Waals surface area contributed by atoms with Crippen molar-refractivity contribution in [2.45, 2.75) is 13.0 Å². The normalized spacial score (nSPS) is 8.92. The van der Waals surface area contributed by atoms with E-state index in [1.54, 1.807) is 12.1 Å². The van der Waals surface area contributed by atoms with Crippen LogP contribution in [-0.2, 0) is 11.3 Å². The Balaban J connectivity index is 2.28. The summed E-state index contributed by atoms with van der Waals surface area (Å²) < 4.78 is 4.54. The Kier molecular flexibility index (Phi) is 2.85. The Labute approximate surface area is 69.0 Å². The molecule has 1 rings (SSSR count). The van der Waals surface area contributed by atoms with Gasteiger partial charge in [0.1, 0.15) is 18.4 Å². The van der Waals surface area contributed by atoms with E-state index >= 15 is 0 Å². The molecule has 0 atom stereocenters. The molecule has 0 unspecified atom stereocenters. The van der Waals surface area contributed by atoms with Gasteiger partial charge in [-0.2, -0.15) is 5.26 Å². The molecule has 0 aliphatic rings. The Hall–Kier alpha value is -1.83. The van der Waals surface area contributed by atoms with Gasteiger partial charge in [-0.15, -0.1) is 0 Å². The third-order valence-electron chi connectivity index (χ3n) is 1.20. The standard InChI is InChI=1S/C7H7N3O2/c8-3-1-7(11)9-5-6-2-4-12-10-6/h2,4H,1,5H2,(H,9,11). The van der Waals surface area contributed by atoms with Gasteiger partial charge < -0.3 is 9.84 Å². The zero-order valence-corrected chi connectivity index (χ0v) is 6.28. The minimum absolute atomic E-state index is 0.127. The van der Waals surface area contributed by atoms with Crippen LogP contribution in [0.25, 0.3) is 0 Å². The largest absolute Gasteiger partial charge is 0.364 e. The van der Waals surface area contributed by atoms with Gasteiger partial charge in [0.25, 0.3) is 0 Å². The smallest absolute Gasteiger partial charge is 0.234 e. The lowest BCUT2D eigenvalue weighted by molar-refractivity contribution is -0.120. The fraction of sp³-hybridized carbons (Fsp3) is 0.286. The lowest BCUT2D eigenvalue weighted by Crippen LogP contribution is -2.21. The number of nitriles is 1. The summed E-state index contributed by atoms with van der Waals surface area (Å²) in [6, 6.07) is 3.39. The van der Waals surface area contributed by atoms with E-state index in [0.29, 0.717) is 12.2 Å². The van der Waals surface area contributed by atoms with E-state index in [2.05, 4.69) is 15.0 Å². The molecule has 0 aromatic carbocycles. The molecule has 0 spiro atoms. The van der Waals surface area contributed by atoms with Gasteiger partial charge in [0, 0.05) is 6.07 Å². The van der Waals surface area contributed by atoms with E-state index in [0.717, 1.165) is 0 Å². The maximum absolute atomic E-state index is 10.7. The molecule has 1 aromatic heterocycles. The molecule has 0 saturated carbocycles. The third-order valence-corrected chi connectivity index (χ3v) is 1.20. The van der Waals surface area contributed by atoms with E-state index < -0.39 is 0 Å². The summed E-state index contributed by atoms with van der Waals surface area (Å²) in [5.74, 6) is -0.305. The fourth-order valence-electron chi connectivity index (χ4n) is 0.652. The highest BCUT2D eigenvalue weighted by atomic mass is 16.5. The highest BCUT2D eigenvalue weighted by Crippen LogP contribution is 1.92. The fourth-order valence-corrected chi connectivity index (χ4v) is 0.652. The van der Waals surface area contributed by atoms with Gasteiger partial charge in [0.05, 0.1) is 12.6 Å². The molecule has 0 bridgehead atoms. The van der Waals surface area contributed by atoms with Crippen LogP contribution in [0, 0.1) is 11.3 Å². The van der Waals surface area contributed by atoms with E-state index in [1.165, 1.54) is 6.26 Å². The third kappa shape index (κ3) is 2.42. The molecule has 0 aliphatic carbocycles. The van der Waals surface area contributed by atoms with Gasteiger partial charge >= 0.3 is 0 Å². The first kappa shape index (κ1) is 8.27. The number of nitrogens with one attached hydrogen (secondary N) is 1. The summed E-state index contributed by atoms with van der Waals surface area (Å²) in [6.45, 7) is 0.303. The van der Waals surface area contributed by atoms with Crippen molar-refractivity contribution in [3.05, 3.63) is 18.0 Å². The lowest BCUT2D eigenvalue weighted by Gasteiger charge is -1.96. The van der Waals surface area contributed by atoms with Crippen LogP contribution in [0.3, 0.4) is 0 Å². The van der Waals surface area contributed by atoms with Gasteiger partial charge in [-0.3, -0.25) is 4.79 Å². The molecular weight excluding hydrogens is 158 g/mol. The Morgan fingerprint density at radius 3 is 3.25 bits per heavy atom. The van der Waals surface area contributed by atoms with Crippen LogP contribution in [0.1, 0.15) is 12.1 Å². The molecule has 1 aromatic rings. The van der Waals surface area contributed by atoms with Gasteiger partial charge in [-0.1, -0.05) is 5.16 Å². The maximum Gasteiger partial charge on any atom is 0.234 e. The summed E-state index contributed by atoms with van der Waals surface area (Å²) in [6.07, 6.45) is 1.30. The number of hydrogen-bond acceptors (Lipinski definition) is 4. The van der Waals surface area contributed by atoms with E-state index in [4.69, 9.17) is 5.26 Å². The molecule has 1 heterocycles. The Morgan fingerprint density at radius 1 is 1.83 bits per heavy atom. The Morgan fingerprint density at radius 2 is 2.67 bits per heavy atom. The SMILES string of the molecule is N#CCC(=O)NCc1ccon1. The second-order valence-electron chi connectivity index (χ2n) is 2.10. The quantitative estimate of drug-likeness (QED) is 0.694. The first-order chi connectivity index (χ1) is 5.83. The van der Waals surface area contributed by atoms with Gasteiger partial charge in [0.15, 0.2) is 0 Å². The number of carbonyl (C=O) groups excluding carboxylic acids is 1. The van der Waals surface area contributed by atoms with Crippen LogP contribution in [0.2, 0.25) is 0 Å². The summed E-state index contributed by atoms with van der Waals surface area (Å²) in [4.78, 5) is 10.7. The van der Waals surface area contributed by atoms with E-state index in [9.17, 15) is 4.79 Å². The number of hydrogen-bond donors (Lipinski definition) is 1. The number of nitrogens with zero attached hydrogens (tertiary/aromatic N) is 2. The van der Waals surface area contributed by atoms with Crippen molar-refractivity contribution in [3.8, 4) is 6.07 Å². The number of amides is 1. The van der Waals surface area contributed by atoms with Crippen molar-refractivity contribution in [3.63, 3.8) is 0 Å². The van der Waals surface area contributed by atoms with Gasteiger partial charge in [0.2, 0.25) is 5.91 Å². The number of rotatable bonds is 3. The van der Waals surface area contributed by atoms with Gasteiger partial charge in [-0.25, -0.2) is 0 Å². The molecular formula is C7H7N3O2. The van der Waals surface area contributed by atoms with Crippen LogP contribution in [-0.4, -0.2) is 11.1 Å². The predicted molar refractivity (Wildman–Crippen MR) is 38.6 cm³/mol. The lowest BCUT2D eigenvalue weighted by atomic mass is 10.4. The highest BCUT2D eigenvalue weighted by molar-refractivity contribution is 5.77. The molecule has 5 heteroatoms. The van der Waals surface area contributed by atoms with Crippen molar-refractivity contribution in [1.29, 1.82) is 5.26 Å². The average molecular weight is 165 g/mol. The molecule has 0 saturated heterocycles. The first-order valence-corrected chi connectivity index (χ1v) is 3.36. The van der Waals surface area contributed by atoms with Gasteiger partial charge in [-0.05, 0) is 0 Å². The van der Waals surface area contributed by atoms with Crippen molar-refractivity contribution >= 4 is 5.91 Å². The number of carbonyl (C=O) groups is 1. The van der Waals surface area contributed by atoms with Crippen molar-refractivity contribution < 1.29 is 9.32 Å². The van der Waals surface area contributed by atoms with Crippen LogP contribution in [0.15, 0.2) is 16.9 Å². The molecule has 12 heavy (non-hydrogen) atoms. The van der Waals surface area contributed by atoms with E-state index in [-0.39, 0.29) is 12.3 Å². The molecule has 5 nitrogen and oxygen atoms in total. The molecule has 0 radical (unpaired) electrons. The van der Waals surface area contributed by atoms with Crippen LogP contribution in [0.5, 0.6) is 0 Å². The summed E-state index contributed by atoms with van der Waals surface area (Å²) in [5.41, 5.74) is 0.640. The van der Waals surface area contributed by atoms with E-state index in [1.807, 2.05) is 0 Å². The predicted octanol–water partition coefficient (Wildman–Crippen LogP) is 0.204. The van der Waals surface area contributed by atoms with Crippen LogP contribution >= 0.6 is 0 Å². The zero-order valence-electron chi connectivity index (χ0n) is 6.28. The van der Waals surface area contributed by atoms with Crippen LogP contribution in [0.4, 0.5) is 0 Å². The summed E-state index contributed by atoms with van der Waals surface area (Å²) in [7, 11) is 0. The highest BCUT2D eigenvalue weighted by Gasteiger charge is 2.00. The molecule has 1 amide bonds. The minimum Gasteiger partial charge on any atom is -0.364 e. The summed E-state index contributed by atoms with van der Waals surface area (Å²) >= 11 is 0. The summed E-state index contributed by atoms with van der Waals surface area (Å²) in [5, 5.41) is 14.2. The molecule has 1 N–H and O–H groups in total. The maximum atomic E-state index is 10.7. The minimum atomic E-state index is -0.305. The topological polar surface area (TPSA) is 78.9 Å². The second-order valence-corrected chi connectivity index (χ2v) is 2.10. The van der Waals surface area contributed by atoms with Crippen molar-refractivity contribution in [1.82, 2.24) is 10.5 Å². The van der Waals surface area contributed by atoms with Crippen molar-refractivity contribution in [2.75, 3.05) is 0 Å². The second kappa shape index (κ2) is 4.13. The Bertz CT molecular complexity index is 286. The van der Waals surface area contributed by atoms with Crippen molar-refractivity contribution in [2.24, 2.45) is 0 Å². The number of aromatic nitrogens is 1.